The van der Waals surface area contributed by atoms with Gasteiger partial charge in [0.2, 0.25) is 5.88 Å². The molecule has 8 nitrogen and oxygen atoms in total. The molecule has 0 aliphatic carbocycles. The lowest BCUT2D eigenvalue weighted by Crippen LogP contribution is -2.22. The lowest BCUT2D eigenvalue weighted by Gasteiger charge is -2.13. The monoisotopic (exact) mass is 466 g/mol. The summed E-state index contributed by atoms with van der Waals surface area (Å²) in [6, 6.07) is 15.2. The van der Waals surface area contributed by atoms with Crippen molar-refractivity contribution in [2.24, 2.45) is 10.2 Å². The van der Waals surface area contributed by atoms with Gasteiger partial charge >= 0.3 is 5.97 Å². The van der Waals surface area contributed by atoms with Crippen molar-refractivity contribution in [2.45, 2.75) is 13.5 Å². The Morgan fingerprint density at radius 1 is 1.20 bits per heavy atom. The molecular weight excluding hydrogens is 452 g/mol. The number of aromatic hydroxyl groups is 1. The smallest absolute Gasteiger partial charge is 0.338 e. The topological polar surface area (TPSA) is 128 Å². The van der Waals surface area contributed by atoms with Crippen LogP contribution in [0.3, 0.4) is 0 Å². The molecule has 0 bridgehead atoms. The van der Waals surface area contributed by atoms with E-state index >= 15 is 0 Å². The second-order valence-corrected chi connectivity index (χ2v) is 7.24. The molecule has 2 aromatic carbocycles. The number of rotatable bonds is 5. The zero-order valence-electron chi connectivity index (χ0n) is 15.7. The maximum absolute atomic E-state index is 13.0. The summed E-state index contributed by atoms with van der Waals surface area (Å²) in [6.07, 6.45) is 0. The number of hydrogen-bond acceptors (Lipinski definition) is 6. The van der Waals surface area contributed by atoms with Crippen LogP contribution in [0.4, 0.5) is 11.4 Å². The van der Waals surface area contributed by atoms with Crippen LogP contribution in [0.5, 0.6) is 5.88 Å². The van der Waals surface area contributed by atoms with Crippen LogP contribution in [-0.4, -0.2) is 20.7 Å². The zero-order valence-corrected chi connectivity index (χ0v) is 17.3. The van der Waals surface area contributed by atoms with E-state index < -0.39 is 17.4 Å². The highest BCUT2D eigenvalue weighted by atomic mass is 79.9. The summed E-state index contributed by atoms with van der Waals surface area (Å²) in [4.78, 5) is 24.5. The van der Waals surface area contributed by atoms with Gasteiger partial charge in [0.25, 0.3) is 5.56 Å². The third-order valence-corrected chi connectivity index (χ3v) is 4.89. The fourth-order valence-corrected chi connectivity index (χ4v) is 3.20. The minimum Gasteiger partial charge on any atom is -0.493 e. The van der Waals surface area contributed by atoms with Crippen molar-refractivity contribution in [1.29, 1.82) is 5.26 Å². The molecule has 0 aliphatic rings. The number of nitrogens with zero attached hydrogens (tertiary/aromatic N) is 4. The molecule has 0 spiro atoms. The van der Waals surface area contributed by atoms with Crippen molar-refractivity contribution in [1.82, 2.24) is 4.57 Å². The third kappa shape index (κ3) is 4.14. The van der Waals surface area contributed by atoms with Gasteiger partial charge in [-0.1, -0.05) is 46.3 Å². The average Bonchev–Trinajstić information content (AvgIpc) is 2.73. The van der Waals surface area contributed by atoms with Gasteiger partial charge in [-0.25, -0.2) is 4.79 Å². The summed E-state index contributed by atoms with van der Waals surface area (Å²) in [7, 11) is 0. The van der Waals surface area contributed by atoms with E-state index in [4.69, 9.17) is 0 Å². The maximum atomic E-state index is 13.0. The van der Waals surface area contributed by atoms with Gasteiger partial charge in [-0.05, 0) is 30.7 Å². The van der Waals surface area contributed by atoms with Gasteiger partial charge < -0.3 is 10.2 Å². The molecule has 9 heteroatoms. The first-order valence-electron chi connectivity index (χ1n) is 8.68. The molecule has 1 aromatic heterocycles. The number of halogens is 1. The van der Waals surface area contributed by atoms with Gasteiger partial charge in [-0.15, -0.1) is 10.2 Å². The van der Waals surface area contributed by atoms with Crippen LogP contribution in [0, 0.1) is 18.3 Å². The van der Waals surface area contributed by atoms with Crippen molar-refractivity contribution >= 4 is 33.3 Å². The van der Waals surface area contributed by atoms with E-state index in [9.17, 15) is 25.1 Å². The Morgan fingerprint density at radius 3 is 2.53 bits per heavy atom. The molecule has 30 heavy (non-hydrogen) atoms. The predicted molar refractivity (Wildman–Crippen MR) is 113 cm³/mol. The maximum Gasteiger partial charge on any atom is 0.338 e. The van der Waals surface area contributed by atoms with Gasteiger partial charge in [0.15, 0.2) is 5.69 Å². The molecule has 150 valence electrons. The van der Waals surface area contributed by atoms with Crippen molar-refractivity contribution in [2.75, 3.05) is 0 Å². The minimum atomic E-state index is -1.20. The first kappa shape index (κ1) is 21.0. The zero-order chi connectivity index (χ0) is 21.8. The highest BCUT2D eigenvalue weighted by Gasteiger charge is 2.20. The molecule has 0 fully saturated rings. The second-order valence-electron chi connectivity index (χ2n) is 6.33. The first-order chi connectivity index (χ1) is 14.3. The molecular formula is C21H15BrN4O4. The Labute approximate surface area is 179 Å². The van der Waals surface area contributed by atoms with Gasteiger partial charge in [-0.3, -0.25) is 9.36 Å². The summed E-state index contributed by atoms with van der Waals surface area (Å²) in [6.45, 7) is 1.50. The first-order valence-corrected chi connectivity index (χ1v) is 9.47. The lowest BCUT2D eigenvalue weighted by atomic mass is 10.1. The molecule has 0 radical (unpaired) electrons. The number of azo groups is 1. The largest absolute Gasteiger partial charge is 0.493 e. The number of pyridine rings is 1. The van der Waals surface area contributed by atoms with E-state index in [1.807, 2.05) is 12.1 Å². The number of aromatic nitrogens is 1. The fourth-order valence-electron chi connectivity index (χ4n) is 2.84. The number of hydrogen-bond donors (Lipinski definition) is 2. The van der Waals surface area contributed by atoms with Gasteiger partial charge in [0.05, 0.1) is 12.1 Å². The van der Waals surface area contributed by atoms with Crippen molar-refractivity contribution in [3.05, 3.63) is 85.6 Å². The number of benzene rings is 2. The third-order valence-electron chi connectivity index (χ3n) is 4.40. The van der Waals surface area contributed by atoms with Crippen LogP contribution >= 0.6 is 15.9 Å². The highest BCUT2D eigenvalue weighted by Crippen LogP contribution is 2.29. The van der Waals surface area contributed by atoms with Crippen LogP contribution in [0.25, 0.3) is 0 Å². The van der Waals surface area contributed by atoms with E-state index in [1.54, 1.807) is 30.3 Å². The van der Waals surface area contributed by atoms with E-state index in [0.717, 1.165) is 10.1 Å². The SMILES string of the molecule is Cc1c(C#N)c(O)n(Cc2ccccc2)c(=O)c1N=Nc1ccc(Br)cc1C(=O)O. The summed E-state index contributed by atoms with van der Waals surface area (Å²) in [5.74, 6) is -1.66. The Bertz CT molecular complexity index is 1260. The number of carboxylic acid groups (broad SMARTS) is 1. The van der Waals surface area contributed by atoms with E-state index in [0.29, 0.717) is 4.47 Å². The minimum absolute atomic E-state index is 0.0294. The average molecular weight is 467 g/mol. The van der Waals surface area contributed by atoms with Gasteiger partial charge in [-0.2, -0.15) is 5.26 Å². The number of nitriles is 1. The van der Waals surface area contributed by atoms with Crippen LogP contribution in [0.15, 0.2) is 68.0 Å². The Balaban J connectivity index is 2.15. The van der Waals surface area contributed by atoms with Crippen molar-refractivity contribution in [3.8, 4) is 11.9 Å². The van der Waals surface area contributed by atoms with Crippen LogP contribution in [0.1, 0.15) is 27.0 Å². The van der Waals surface area contributed by atoms with Crippen molar-refractivity contribution < 1.29 is 15.0 Å². The van der Waals surface area contributed by atoms with Gasteiger partial charge in [0.1, 0.15) is 17.3 Å². The number of aromatic carboxylic acids is 1. The molecule has 1 heterocycles. The molecule has 0 aliphatic heterocycles. The van der Waals surface area contributed by atoms with Crippen LogP contribution in [0.2, 0.25) is 0 Å². The van der Waals surface area contributed by atoms with Crippen LogP contribution in [-0.2, 0) is 6.54 Å². The van der Waals surface area contributed by atoms with E-state index in [1.165, 1.54) is 19.1 Å². The molecule has 0 amide bonds. The Hall–Kier alpha value is -3.77. The van der Waals surface area contributed by atoms with Crippen LogP contribution < -0.4 is 5.56 Å². The molecule has 0 saturated carbocycles. The summed E-state index contributed by atoms with van der Waals surface area (Å²) in [5, 5.41) is 37.2. The van der Waals surface area contributed by atoms with E-state index in [-0.39, 0.29) is 34.6 Å². The fraction of sp³-hybridized carbons (Fsp3) is 0.0952. The predicted octanol–water partition coefficient (Wildman–Crippen LogP) is 4.66. The lowest BCUT2D eigenvalue weighted by molar-refractivity contribution is 0.0697. The number of carboxylic acids is 1. The van der Waals surface area contributed by atoms with Gasteiger partial charge in [0, 0.05) is 10.0 Å². The molecule has 3 rings (SSSR count). The summed E-state index contributed by atoms with van der Waals surface area (Å²) >= 11 is 3.20. The molecule has 0 atom stereocenters. The second kappa shape index (κ2) is 8.71. The quantitative estimate of drug-likeness (QED) is 0.528. The summed E-state index contributed by atoms with van der Waals surface area (Å²) in [5.41, 5.74) is -0.0621. The highest BCUT2D eigenvalue weighted by molar-refractivity contribution is 9.10. The van der Waals surface area contributed by atoms with Crippen molar-refractivity contribution in [3.63, 3.8) is 0 Å². The Kier molecular flexibility index (Phi) is 6.09. The standard InChI is InChI=1S/C21H15BrN4O4/c1-12-16(10-23)19(27)26(11-13-5-3-2-4-6-13)20(28)18(12)25-24-17-8-7-14(22)9-15(17)21(29)30/h2-9,27H,11H2,1H3,(H,29,30). The molecule has 2 N–H and O–H groups in total. The number of carbonyl (C=O) groups is 1. The molecule has 0 saturated heterocycles. The molecule has 0 unspecified atom stereocenters. The van der Waals surface area contributed by atoms with E-state index in [2.05, 4.69) is 26.2 Å². The normalized spacial score (nSPS) is 10.8. The Morgan fingerprint density at radius 2 is 1.90 bits per heavy atom. The molecule has 3 aromatic rings. The summed E-state index contributed by atoms with van der Waals surface area (Å²) < 4.78 is 1.59.